The molecule has 6 nitrogen and oxygen atoms in total. The Balaban J connectivity index is 2.12. The van der Waals surface area contributed by atoms with Crippen LogP contribution in [0.3, 0.4) is 0 Å². The highest BCUT2D eigenvalue weighted by Crippen LogP contribution is 2.32. The first-order chi connectivity index (χ1) is 6.51. The third-order valence-electron chi connectivity index (χ3n) is 2.46. The van der Waals surface area contributed by atoms with Gasteiger partial charge in [0.15, 0.2) is 0 Å². The number of hydrogen-bond donors (Lipinski definition) is 1. The van der Waals surface area contributed by atoms with Crippen molar-refractivity contribution in [2.45, 2.75) is 18.9 Å². The molecular weight excluding hydrogens is 208 g/mol. The SMILES string of the molecule is O=C(O)CN1CCN(C2CC2)S1(=O)=O. The Bertz CT molecular complexity index is 349. The second-order valence-corrected chi connectivity index (χ2v) is 5.46. The van der Waals surface area contributed by atoms with E-state index in [1.54, 1.807) is 0 Å². The van der Waals surface area contributed by atoms with E-state index in [4.69, 9.17) is 5.11 Å². The van der Waals surface area contributed by atoms with Crippen LogP contribution in [-0.4, -0.2) is 53.8 Å². The second-order valence-electron chi connectivity index (χ2n) is 3.58. The molecule has 1 aliphatic carbocycles. The first kappa shape index (κ1) is 9.88. The molecule has 2 aliphatic rings. The van der Waals surface area contributed by atoms with Crippen LogP contribution in [-0.2, 0) is 15.0 Å². The lowest BCUT2D eigenvalue weighted by Crippen LogP contribution is -2.37. The van der Waals surface area contributed by atoms with E-state index in [-0.39, 0.29) is 6.04 Å². The third kappa shape index (κ3) is 1.62. The van der Waals surface area contributed by atoms with E-state index < -0.39 is 22.7 Å². The molecule has 2 fully saturated rings. The maximum absolute atomic E-state index is 11.7. The maximum atomic E-state index is 11.7. The first-order valence-corrected chi connectivity index (χ1v) is 5.90. The van der Waals surface area contributed by atoms with Gasteiger partial charge in [0.2, 0.25) is 0 Å². The molecule has 1 N–H and O–H groups in total. The predicted octanol–water partition coefficient (Wildman–Crippen LogP) is -0.904. The fraction of sp³-hybridized carbons (Fsp3) is 0.857. The van der Waals surface area contributed by atoms with E-state index in [0.717, 1.165) is 17.1 Å². The average Bonchev–Trinajstić information content (AvgIpc) is 2.81. The van der Waals surface area contributed by atoms with E-state index in [0.29, 0.717) is 13.1 Å². The van der Waals surface area contributed by atoms with Crippen molar-refractivity contribution in [3.8, 4) is 0 Å². The Kier molecular flexibility index (Phi) is 2.24. The molecule has 0 radical (unpaired) electrons. The molecule has 0 amide bonds. The van der Waals surface area contributed by atoms with Gasteiger partial charge in [-0.25, -0.2) is 0 Å². The Labute approximate surface area is 82.3 Å². The van der Waals surface area contributed by atoms with Crippen molar-refractivity contribution in [3.05, 3.63) is 0 Å². The van der Waals surface area contributed by atoms with E-state index >= 15 is 0 Å². The average molecular weight is 220 g/mol. The summed E-state index contributed by atoms with van der Waals surface area (Å²) >= 11 is 0. The summed E-state index contributed by atoms with van der Waals surface area (Å²) in [6.07, 6.45) is 1.81. The molecule has 0 unspecified atom stereocenters. The van der Waals surface area contributed by atoms with Crippen molar-refractivity contribution in [1.29, 1.82) is 0 Å². The maximum Gasteiger partial charge on any atom is 0.318 e. The number of carboxylic acid groups (broad SMARTS) is 1. The van der Waals surface area contributed by atoms with E-state index in [2.05, 4.69) is 0 Å². The van der Waals surface area contributed by atoms with Crippen LogP contribution < -0.4 is 0 Å². The molecule has 1 saturated carbocycles. The second kappa shape index (κ2) is 3.18. The quantitative estimate of drug-likeness (QED) is 0.668. The fourth-order valence-electron chi connectivity index (χ4n) is 1.63. The van der Waals surface area contributed by atoms with Crippen LogP contribution >= 0.6 is 0 Å². The van der Waals surface area contributed by atoms with Crippen molar-refractivity contribution in [2.24, 2.45) is 0 Å². The summed E-state index contributed by atoms with van der Waals surface area (Å²) in [6.45, 7) is 0.303. The zero-order valence-electron chi connectivity index (χ0n) is 7.59. The summed E-state index contributed by atoms with van der Waals surface area (Å²) in [5.41, 5.74) is 0. The highest BCUT2D eigenvalue weighted by Gasteiger charge is 2.45. The summed E-state index contributed by atoms with van der Waals surface area (Å²) in [7, 11) is -3.47. The van der Waals surface area contributed by atoms with Gasteiger partial charge in [-0.2, -0.15) is 17.0 Å². The number of nitrogens with zero attached hydrogens (tertiary/aromatic N) is 2. The number of carbonyl (C=O) groups is 1. The zero-order chi connectivity index (χ0) is 10.3. The van der Waals surface area contributed by atoms with Gasteiger partial charge >= 0.3 is 5.97 Å². The molecule has 0 aromatic heterocycles. The van der Waals surface area contributed by atoms with Crippen LogP contribution in [0.5, 0.6) is 0 Å². The fourth-order valence-corrected chi connectivity index (χ4v) is 3.42. The number of rotatable bonds is 3. The van der Waals surface area contributed by atoms with Crippen LogP contribution in [0.1, 0.15) is 12.8 Å². The topological polar surface area (TPSA) is 77.9 Å². The first-order valence-electron chi connectivity index (χ1n) is 4.50. The van der Waals surface area contributed by atoms with Gasteiger partial charge in [-0.05, 0) is 12.8 Å². The highest BCUT2D eigenvalue weighted by atomic mass is 32.2. The summed E-state index contributed by atoms with van der Waals surface area (Å²) in [5, 5.41) is 8.52. The molecule has 0 atom stereocenters. The van der Waals surface area contributed by atoms with Gasteiger partial charge in [0.25, 0.3) is 10.2 Å². The van der Waals surface area contributed by atoms with Crippen LogP contribution in [0.25, 0.3) is 0 Å². The molecule has 0 spiro atoms. The predicted molar refractivity (Wildman–Crippen MR) is 47.9 cm³/mol. The normalized spacial score (nSPS) is 28.0. The van der Waals surface area contributed by atoms with Crippen molar-refractivity contribution in [1.82, 2.24) is 8.61 Å². The molecule has 80 valence electrons. The van der Waals surface area contributed by atoms with Crippen molar-refractivity contribution in [3.63, 3.8) is 0 Å². The summed E-state index contributed by atoms with van der Waals surface area (Å²) < 4.78 is 25.8. The van der Waals surface area contributed by atoms with Gasteiger partial charge in [0.1, 0.15) is 6.54 Å². The number of hydrogen-bond acceptors (Lipinski definition) is 3. The number of carboxylic acids is 1. The molecule has 1 heterocycles. The molecular formula is C7H12N2O4S. The largest absolute Gasteiger partial charge is 0.480 e. The lowest BCUT2D eigenvalue weighted by atomic mass is 10.5. The van der Waals surface area contributed by atoms with Crippen molar-refractivity contribution in [2.75, 3.05) is 19.6 Å². The highest BCUT2D eigenvalue weighted by molar-refractivity contribution is 7.87. The van der Waals surface area contributed by atoms with Crippen LogP contribution in [0.4, 0.5) is 0 Å². The Morgan fingerprint density at radius 3 is 2.50 bits per heavy atom. The van der Waals surface area contributed by atoms with Gasteiger partial charge in [0, 0.05) is 19.1 Å². The summed E-state index contributed by atoms with van der Waals surface area (Å²) in [4.78, 5) is 10.4. The van der Waals surface area contributed by atoms with Crippen LogP contribution in [0.2, 0.25) is 0 Å². The third-order valence-corrected chi connectivity index (χ3v) is 4.50. The van der Waals surface area contributed by atoms with Crippen LogP contribution in [0, 0.1) is 0 Å². The monoisotopic (exact) mass is 220 g/mol. The lowest BCUT2D eigenvalue weighted by Gasteiger charge is -2.16. The minimum Gasteiger partial charge on any atom is -0.480 e. The van der Waals surface area contributed by atoms with Crippen molar-refractivity contribution < 1.29 is 18.3 Å². The lowest BCUT2D eigenvalue weighted by molar-refractivity contribution is -0.137. The van der Waals surface area contributed by atoms with Gasteiger partial charge in [-0.3, -0.25) is 4.79 Å². The minimum atomic E-state index is -3.47. The van der Waals surface area contributed by atoms with E-state index in [1.165, 1.54) is 4.31 Å². The Morgan fingerprint density at radius 1 is 1.36 bits per heavy atom. The molecule has 0 aromatic carbocycles. The molecule has 1 saturated heterocycles. The molecule has 2 rings (SSSR count). The zero-order valence-corrected chi connectivity index (χ0v) is 8.40. The summed E-state index contributed by atoms with van der Waals surface area (Å²) in [6, 6.07) is 0.124. The van der Waals surface area contributed by atoms with E-state index in [1.807, 2.05) is 0 Å². The van der Waals surface area contributed by atoms with Crippen molar-refractivity contribution >= 4 is 16.2 Å². The van der Waals surface area contributed by atoms with E-state index in [9.17, 15) is 13.2 Å². The Morgan fingerprint density at radius 2 is 2.00 bits per heavy atom. The molecule has 7 heteroatoms. The molecule has 0 aromatic rings. The van der Waals surface area contributed by atoms with Crippen LogP contribution in [0.15, 0.2) is 0 Å². The number of aliphatic carboxylic acids is 1. The molecule has 1 aliphatic heterocycles. The van der Waals surface area contributed by atoms with Gasteiger partial charge in [-0.1, -0.05) is 0 Å². The Hall–Kier alpha value is -0.660. The molecule has 14 heavy (non-hydrogen) atoms. The minimum absolute atomic E-state index is 0.124. The van der Waals surface area contributed by atoms with Gasteiger partial charge in [0.05, 0.1) is 0 Å². The smallest absolute Gasteiger partial charge is 0.318 e. The molecule has 0 bridgehead atoms. The summed E-state index contributed by atoms with van der Waals surface area (Å²) in [5.74, 6) is -1.11. The van der Waals surface area contributed by atoms with Gasteiger partial charge in [-0.15, -0.1) is 0 Å². The van der Waals surface area contributed by atoms with Gasteiger partial charge < -0.3 is 5.11 Å². The standard InChI is InChI=1S/C7H12N2O4S/c10-7(11)5-8-3-4-9(6-1-2-6)14(8,12)13/h6H,1-5H2,(H,10,11).